The fourth-order valence-electron chi connectivity index (χ4n) is 4.69. The molecule has 176 valence electrons. The molecule has 0 amide bonds. The first-order valence-corrected chi connectivity index (χ1v) is 13.6. The summed E-state index contributed by atoms with van der Waals surface area (Å²) in [6, 6.07) is 14.7. The number of hydrogen-bond donors (Lipinski definition) is 0. The summed E-state index contributed by atoms with van der Waals surface area (Å²) in [7, 11) is 0. The number of aryl methyl sites for hydroxylation is 3. The second-order valence-corrected chi connectivity index (χ2v) is 11.1. The van der Waals surface area contributed by atoms with Crippen LogP contribution in [0.15, 0.2) is 58.5 Å². The standard InChI is InChI=1S/C26H21ClN4O2S2/c1-15-6-2-4-8-19(15)30-23(33)22-18-7-3-5-9-21(18)35-24(22)31-25(30)28-29-26(31)34-14-20(32)16-10-12-17(27)13-11-16/h2,4,6,8,10-13H,3,5,7,9,14H2,1H3. The maximum Gasteiger partial charge on any atom is 0.268 e. The van der Waals surface area contributed by atoms with E-state index in [9.17, 15) is 9.59 Å². The van der Waals surface area contributed by atoms with E-state index in [1.54, 1.807) is 40.2 Å². The molecule has 35 heavy (non-hydrogen) atoms. The van der Waals surface area contributed by atoms with Crippen molar-refractivity contribution in [3.05, 3.63) is 85.5 Å². The molecule has 0 saturated carbocycles. The molecule has 3 heterocycles. The molecule has 2 aromatic carbocycles. The van der Waals surface area contributed by atoms with Gasteiger partial charge in [0, 0.05) is 15.5 Å². The van der Waals surface area contributed by atoms with Crippen LogP contribution < -0.4 is 5.56 Å². The van der Waals surface area contributed by atoms with E-state index in [-0.39, 0.29) is 17.1 Å². The first-order chi connectivity index (χ1) is 17.0. The van der Waals surface area contributed by atoms with Crippen molar-refractivity contribution in [3.8, 4) is 5.69 Å². The number of fused-ring (bicyclic) bond motifs is 5. The molecule has 0 aliphatic heterocycles. The van der Waals surface area contributed by atoms with Crippen molar-refractivity contribution in [2.45, 2.75) is 37.8 Å². The SMILES string of the molecule is Cc1ccccc1-n1c(=O)c2c3c(sc2n2c(SCC(=O)c4ccc(Cl)cc4)nnc12)CCCC3. The van der Waals surface area contributed by atoms with Gasteiger partial charge in [0.2, 0.25) is 5.78 Å². The van der Waals surface area contributed by atoms with Gasteiger partial charge in [-0.05, 0) is 74.1 Å². The molecule has 0 spiro atoms. The van der Waals surface area contributed by atoms with E-state index in [0.29, 0.717) is 21.5 Å². The number of ketones is 1. The number of aromatic nitrogens is 4. The van der Waals surface area contributed by atoms with Crippen molar-refractivity contribution in [3.63, 3.8) is 0 Å². The lowest BCUT2D eigenvalue weighted by molar-refractivity contribution is 0.102. The van der Waals surface area contributed by atoms with E-state index in [1.807, 2.05) is 35.6 Å². The van der Waals surface area contributed by atoms with Crippen LogP contribution in [0, 0.1) is 6.92 Å². The van der Waals surface area contributed by atoms with Gasteiger partial charge in [-0.1, -0.05) is 41.6 Å². The lowest BCUT2D eigenvalue weighted by Crippen LogP contribution is -2.23. The van der Waals surface area contributed by atoms with Crippen LogP contribution in [-0.4, -0.2) is 30.7 Å². The predicted molar refractivity (Wildman–Crippen MR) is 142 cm³/mol. The Morgan fingerprint density at radius 1 is 1.09 bits per heavy atom. The molecule has 9 heteroatoms. The number of para-hydroxylation sites is 1. The lowest BCUT2D eigenvalue weighted by atomic mass is 9.97. The van der Waals surface area contributed by atoms with E-state index >= 15 is 0 Å². The van der Waals surface area contributed by atoms with Crippen LogP contribution in [0.2, 0.25) is 5.02 Å². The first kappa shape index (κ1) is 22.5. The molecule has 0 N–H and O–H groups in total. The van der Waals surface area contributed by atoms with Crippen LogP contribution in [0.1, 0.15) is 39.2 Å². The van der Waals surface area contributed by atoms with Crippen molar-refractivity contribution >= 4 is 56.5 Å². The highest BCUT2D eigenvalue weighted by Crippen LogP contribution is 2.37. The Morgan fingerprint density at radius 2 is 1.86 bits per heavy atom. The van der Waals surface area contributed by atoms with Gasteiger partial charge < -0.3 is 0 Å². The van der Waals surface area contributed by atoms with Crippen LogP contribution in [-0.2, 0) is 12.8 Å². The molecule has 0 fully saturated rings. The molecule has 0 atom stereocenters. The minimum Gasteiger partial charge on any atom is -0.293 e. The fraction of sp³-hybridized carbons (Fsp3) is 0.231. The molecule has 0 radical (unpaired) electrons. The van der Waals surface area contributed by atoms with Crippen LogP contribution in [0.5, 0.6) is 0 Å². The molecule has 1 aliphatic carbocycles. The van der Waals surface area contributed by atoms with Gasteiger partial charge in [-0.3, -0.25) is 9.59 Å². The molecule has 6 nitrogen and oxygen atoms in total. The highest BCUT2D eigenvalue weighted by molar-refractivity contribution is 7.99. The van der Waals surface area contributed by atoms with Gasteiger partial charge in [0.1, 0.15) is 4.83 Å². The van der Waals surface area contributed by atoms with E-state index in [4.69, 9.17) is 11.6 Å². The van der Waals surface area contributed by atoms with Crippen LogP contribution in [0.3, 0.4) is 0 Å². The third-order valence-corrected chi connectivity index (χ3v) is 8.90. The quantitative estimate of drug-likeness (QED) is 0.213. The molecule has 0 unspecified atom stereocenters. The summed E-state index contributed by atoms with van der Waals surface area (Å²) >= 11 is 8.96. The van der Waals surface area contributed by atoms with Gasteiger partial charge in [0.15, 0.2) is 10.9 Å². The zero-order chi connectivity index (χ0) is 24.1. The molecular formula is C26H21ClN4O2S2. The van der Waals surface area contributed by atoms with Gasteiger partial charge in [0.05, 0.1) is 16.8 Å². The average Bonchev–Trinajstić information content (AvgIpc) is 3.46. The third kappa shape index (κ3) is 3.80. The topological polar surface area (TPSA) is 69.3 Å². The summed E-state index contributed by atoms with van der Waals surface area (Å²) in [5, 5.41) is 10.8. The van der Waals surface area contributed by atoms with E-state index in [2.05, 4.69) is 10.2 Å². The summed E-state index contributed by atoms with van der Waals surface area (Å²) < 4.78 is 3.64. The van der Waals surface area contributed by atoms with Crippen molar-refractivity contribution in [1.82, 2.24) is 19.2 Å². The number of carbonyl (C=O) groups excluding carboxylic acids is 1. The molecule has 0 saturated heterocycles. The van der Waals surface area contributed by atoms with Crippen LogP contribution in [0.25, 0.3) is 21.7 Å². The Bertz CT molecular complexity index is 1670. The smallest absolute Gasteiger partial charge is 0.268 e. The second-order valence-electron chi connectivity index (χ2n) is 8.65. The summed E-state index contributed by atoms with van der Waals surface area (Å²) in [4.78, 5) is 28.9. The molecule has 1 aliphatic rings. The molecule has 0 bridgehead atoms. The maximum absolute atomic E-state index is 13.9. The number of carbonyl (C=O) groups is 1. The number of Topliss-reactive ketones (excluding diaryl/α,β-unsaturated/α-hetero) is 1. The summed E-state index contributed by atoms with van der Waals surface area (Å²) in [5.41, 5.74) is 3.48. The minimum atomic E-state index is -0.0533. The minimum absolute atomic E-state index is 0.0163. The Balaban J connectivity index is 1.53. The summed E-state index contributed by atoms with van der Waals surface area (Å²) in [6.45, 7) is 1.99. The van der Waals surface area contributed by atoms with Crippen molar-refractivity contribution in [2.24, 2.45) is 0 Å². The number of thioether (sulfide) groups is 1. The van der Waals surface area contributed by atoms with Crippen LogP contribution in [0.4, 0.5) is 0 Å². The molecular weight excluding hydrogens is 500 g/mol. The molecule has 3 aromatic heterocycles. The Labute approximate surface area is 214 Å². The van der Waals surface area contributed by atoms with Crippen molar-refractivity contribution in [2.75, 3.05) is 5.75 Å². The largest absolute Gasteiger partial charge is 0.293 e. The van der Waals surface area contributed by atoms with Gasteiger partial charge >= 0.3 is 0 Å². The second kappa shape index (κ2) is 8.93. The number of hydrogen-bond acceptors (Lipinski definition) is 6. The number of nitrogens with zero attached hydrogens (tertiary/aromatic N) is 4. The Hall–Kier alpha value is -2.94. The van der Waals surface area contributed by atoms with E-state index < -0.39 is 0 Å². The Morgan fingerprint density at radius 3 is 2.66 bits per heavy atom. The lowest BCUT2D eigenvalue weighted by Gasteiger charge is -2.13. The predicted octanol–water partition coefficient (Wildman–Crippen LogP) is 5.91. The maximum atomic E-state index is 13.9. The van der Waals surface area contributed by atoms with E-state index in [0.717, 1.165) is 52.7 Å². The zero-order valence-corrected chi connectivity index (χ0v) is 21.3. The van der Waals surface area contributed by atoms with E-state index in [1.165, 1.54) is 16.6 Å². The molecule has 6 rings (SSSR count). The summed E-state index contributed by atoms with van der Waals surface area (Å²) in [5.74, 6) is 0.660. The van der Waals surface area contributed by atoms with Crippen LogP contribution >= 0.6 is 34.7 Å². The van der Waals surface area contributed by atoms with Crippen molar-refractivity contribution < 1.29 is 4.79 Å². The van der Waals surface area contributed by atoms with Gasteiger partial charge in [0.25, 0.3) is 5.56 Å². The summed E-state index contributed by atoms with van der Waals surface area (Å²) in [6.07, 6.45) is 4.11. The number of benzene rings is 2. The van der Waals surface area contributed by atoms with Gasteiger partial charge in [-0.2, -0.15) is 0 Å². The van der Waals surface area contributed by atoms with Gasteiger partial charge in [-0.25, -0.2) is 8.97 Å². The van der Waals surface area contributed by atoms with Gasteiger partial charge in [-0.15, -0.1) is 21.5 Å². The number of thiophene rings is 1. The number of halogens is 1. The number of rotatable bonds is 5. The third-order valence-electron chi connectivity index (χ3n) is 6.44. The molecule has 5 aromatic rings. The monoisotopic (exact) mass is 520 g/mol. The zero-order valence-electron chi connectivity index (χ0n) is 19.0. The Kier molecular flexibility index (Phi) is 5.75. The van der Waals surface area contributed by atoms with Crippen molar-refractivity contribution in [1.29, 1.82) is 0 Å². The highest BCUT2D eigenvalue weighted by atomic mass is 35.5. The highest BCUT2D eigenvalue weighted by Gasteiger charge is 2.26. The average molecular weight is 521 g/mol. The first-order valence-electron chi connectivity index (χ1n) is 11.4. The fourth-order valence-corrected chi connectivity index (χ4v) is 7.08. The normalized spacial score (nSPS) is 13.4.